The molecule has 15 rings (SSSR count). The molecule has 1 aliphatic carbocycles. The Morgan fingerprint density at radius 3 is 1.14 bits per heavy atom. The Bertz CT molecular complexity index is 4690. The lowest BCUT2D eigenvalue weighted by molar-refractivity contribution is 1.00. The monoisotopic (exact) mass is 1020 g/mol. The number of aryl methyl sites for hydroxylation is 1. The number of allylic oxidation sites excluding steroid dienone is 1. The molecule has 0 fully saturated rings. The SMILES string of the molecule is C1=C(c2ccc(-c3c4ccc(N(c5ccccc5)c5ccc6ccccc6c5)cc4c(-c4ccc(-c5ccc6ccccc6c5)cc4)c4ccc(N(c5ccccc5)c5ccc6ccccc6c5)cc34)cc2)CCc2ccccc21. The van der Waals surface area contributed by atoms with Gasteiger partial charge in [-0.2, -0.15) is 0 Å². The fraction of sp³-hybridized carbons (Fsp3) is 0.0256. The molecule has 14 aromatic rings. The largest absolute Gasteiger partial charge is 0.310 e. The summed E-state index contributed by atoms with van der Waals surface area (Å²) in [5, 5.41) is 12.1. The van der Waals surface area contributed by atoms with Gasteiger partial charge in [0.05, 0.1) is 0 Å². The molecule has 0 N–H and O–H groups in total. The average molecular weight is 1020 g/mol. The van der Waals surface area contributed by atoms with Crippen LogP contribution in [-0.2, 0) is 6.42 Å². The molecular formula is C78H54N2. The zero-order chi connectivity index (χ0) is 52.9. The molecule has 2 heteroatoms. The van der Waals surface area contributed by atoms with Crippen LogP contribution in [0.15, 0.2) is 297 Å². The number of hydrogen-bond acceptors (Lipinski definition) is 2. The topological polar surface area (TPSA) is 6.48 Å². The van der Waals surface area contributed by atoms with E-state index in [1.807, 2.05) is 0 Å². The van der Waals surface area contributed by atoms with Gasteiger partial charge in [0.15, 0.2) is 0 Å². The number of fused-ring (bicyclic) bond motifs is 6. The van der Waals surface area contributed by atoms with Gasteiger partial charge in [-0.05, 0) is 201 Å². The summed E-state index contributed by atoms with van der Waals surface area (Å²) in [6.45, 7) is 0. The molecule has 1 aliphatic rings. The van der Waals surface area contributed by atoms with Crippen molar-refractivity contribution in [1.82, 2.24) is 0 Å². The van der Waals surface area contributed by atoms with Crippen LogP contribution >= 0.6 is 0 Å². The van der Waals surface area contributed by atoms with Crippen molar-refractivity contribution in [2.75, 3.05) is 9.80 Å². The van der Waals surface area contributed by atoms with Crippen molar-refractivity contribution in [3.63, 3.8) is 0 Å². The zero-order valence-electron chi connectivity index (χ0n) is 44.2. The summed E-state index contributed by atoms with van der Waals surface area (Å²) in [4.78, 5) is 4.83. The Morgan fingerprint density at radius 2 is 0.613 bits per heavy atom. The molecule has 0 saturated carbocycles. The first-order chi connectivity index (χ1) is 39.6. The van der Waals surface area contributed by atoms with Crippen molar-refractivity contribution in [2.45, 2.75) is 12.8 Å². The normalized spacial score (nSPS) is 12.2. The van der Waals surface area contributed by atoms with Gasteiger partial charge >= 0.3 is 0 Å². The van der Waals surface area contributed by atoms with Gasteiger partial charge < -0.3 is 9.80 Å². The lowest BCUT2D eigenvalue weighted by Gasteiger charge is -2.28. The first-order valence-electron chi connectivity index (χ1n) is 27.8. The van der Waals surface area contributed by atoms with Crippen LogP contribution in [0.25, 0.3) is 98.9 Å². The Hall–Kier alpha value is -10.3. The van der Waals surface area contributed by atoms with E-state index in [0.717, 1.165) is 52.5 Å². The molecule has 0 spiro atoms. The molecule has 2 nitrogen and oxygen atoms in total. The molecule has 14 aromatic carbocycles. The highest BCUT2D eigenvalue weighted by molar-refractivity contribution is 6.23. The van der Waals surface area contributed by atoms with Crippen LogP contribution in [-0.4, -0.2) is 0 Å². The van der Waals surface area contributed by atoms with Gasteiger partial charge in [-0.25, -0.2) is 0 Å². The van der Waals surface area contributed by atoms with Crippen LogP contribution < -0.4 is 9.80 Å². The van der Waals surface area contributed by atoms with Crippen molar-refractivity contribution in [2.24, 2.45) is 0 Å². The minimum atomic E-state index is 1.02. The van der Waals surface area contributed by atoms with Crippen LogP contribution in [0.2, 0.25) is 0 Å². The smallest absolute Gasteiger partial charge is 0.0468 e. The molecule has 0 radical (unpaired) electrons. The van der Waals surface area contributed by atoms with Crippen LogP contribution in [0.3, 0.4) is 0 Å². The fourth-order valence-electron chi connectivity index (χ4n) is 12.5. The lowest BCUT2D eigenvalue weighted by atomic mass is 9.84. The number of anilines is 6. The highest BCUT2D eigenvalue weighted by Crippen LogP contribution is 2.49. The second-order valence-corrected chi connectivity index (χ2v) is 21.2. The van der Waals surface area contributed by atoms with Crippen molar-refractivity contribution in [1.29, 1.82) is 0 Å². The van der Waals surface area contributed by atoms with Crippen molar-refractivity contribution in [3.8, 4) is 33.4 Å². The van der Waals surface area contributed by atoms with Gasteiger partial charge in [0.2, 0.25) is 0 Å². The molecule has 376 valence electrons. The minimum absolute atomic E-state index is 1.02. The molecule has 0 bridgehead atoms. The maximum absolute atomic E-state index is 2.45. The predicted molar refractivity (Wildman–Crippen MR) is 342 cm³/mol. The van der Waals surface area contributed by atoms with Crippen molar-refractivity contribution in [3.05, 3.63) is 314 Å². The third kappa shape index (κ3) is 8.55. The van der Waals surface area contributed by atoms with E-state index in [1.165, 1.54) is 104 Å². The van der Waals surface area contributed by atoms with Crippen LogP contribution in [0.4, 0.5) is 34.1 Å². The number of nitrogens with zero attached hydrogens (tertiary/aromatic N) is 2. The Labute approximate surface area is 467 Å². The molecule has 0 aromatic heterocycles. The summed E-state index contributed by atoms with van der Waals surface area (Å²) in [5.41, 5.74) is 19.1. The summed E-state index contributed by atoms with van der Waals surface area (Å²) >= 11 is 0. The van der Waals surface area contributed by atoms with E-state index in [1.54, 1.807) is 0 Å². The van der Waals surface area contributed by atoms with Crippen LogP contribution in [0.5, 0.6) is 0 Å². The van der Waals surface area contributed by atoms with Crippen LogP contribution in [0.1, 0.15) is 23.1 Å². The molecule has 0 saturated heterocycles. The summed E-state index contributed by atoms with van der Waals surface area (Å²) in [7, 11) is 0. The van der Waals surface area contributed by atoms with Crippen molar-refractivity contribution < 1.29 is 0 Å². The predicted octanol–water partition coefficient (Wildman–Crippen LogP) is 21.9. The van der Waals surface area contributed by atoms with Gasteiger partial charge in [-0.3, -0.25) is 0 Å². The quantitative estimate of drug-likeness (QED) is 0.126. The molecular weight excluding hydrogens is 965 g/mol. The summed E-state index contributed by atoms with van der Waals surface area (Å²) in [5.74, 6) is 0. The number of hydrogen-bond donors (Lipinski definition) is 0. The third-order valence-electron chi connectivity index (χ3n) is 16.5. The summed E-state index contributed by atoms with van der Waals surface area (Å²) in [6, 6.07) is 110. The van der Waals surface area contributed by atoms with E-state index in [-0.39, 0.29) is 0 Å². The second-order valence-electron chi connectivity index (χ2n) is 21.2. The average Bonchev–Trinajstić information content (AvgIpc) is 3.68. The zero-order valence-corrected chi connectivity index (χ0v) is 44.2. The summed E-state index contributed by atoms with van der Waals surface area (Å²) < 4.78 is 0. The molecule has 0 unspecified atom stereocenters. The van der Waals surface area contributed by atoms with E-state index in [2.05, 4.69) is 313 Å². The van der Waals surface area contributed by atoms with E-state index in [9.17, 15) is 0 Å². The van der Waals surface area contributed by atoms with E-state index < -0.39 is 0 Å². The molecule has 80 heavy (non-hydrogen) atoms. The van der Waals surface area contributed by atoms with E-state index >= 15 is 0 Å². The minimum Gasteiger partial charge on any atom is -0.310 e. The lowest BCUT2D eigenvalue weighted by Crippen LogP contribution is -2.10. The molecule has 0 amide bonds. The van der Waals surface area contributed by atoms with Gasteiger partial charge in [0.1, 0.15) is 0 Å². The van der Waals surface area contributed by atoms with Gasteiger partial charge in [-0.1, -0.05) is 224 Å². The number of benzene rings is 14. The maximum atomic E-state index is 2.45. The van der Waals surface area contributed by atoms with Crippen molar-refractivity contribution >= 4 is 99.6 Å². The molecule has 0 aliphatic heterocycles. The Balaban J connectivity index is 0.993. The summed E-state index contributed by atoms with van der Waals surface area (Å²) in [6.07, 6.45) is 4.45. The number of rotatable bonds is 10. The maximum Gasteiger partial charge on any atom is 0.0468 e. The molecule has 0 atom stereocenters. The number of para-hydroxylation sites is 2. The molecule has 0 heterocycles. The van der Waals surface area contributed by atoms with Gasteiger partial charge in [0, 0.05) is 34.1 Å². The highest BCUT2D eigenvalue weighted by atomic mass is 15.1. The Morgan fingerprint density at radius 1 is 0.225 bits per heavy atom. The van der Waals surface area contributed by atoms with E-state index in [0.29, 0.717) is 0 Å². The third-order valence-corrected chi connectivity index (χ3v) is 16.5. The van der Waals surface area contributed by atoms with Gasteiger partial charge in [-0.15, -0.1) is 0 Å². The van der Waals surface area contributed by atoms with Gasteiger partial charge in [0.25, 0.3) is 0 Å². The standard InChI is InChI=1S/C78H54N2/c1-3-23-67(24-4-1)79(69-41-39-55-17-9-13-21-63(55)49-69)71-43-45-73-75(51-71)77(59-33-27-57(28-34-59)65-37-31-53-15-7-11-19-61(53)47-65)74-46-44-72(80(68-25-5-2-6-26-68)70-42-40-56-18-10-14-22-64(56)50-70)52-76(74)78(73)60-35-29-58(30-36-60)66-38-32-54-16-8-12-20-62(54)48-66/h1-31,33-37,39-52H,32,38H2. The fourth-order valence-corrected chi connectivity index (χ4v) is 12.5. The van der Waals surface area contributed by atoms with E-state index in [4.69, 9.17) is 0 Å². The Kier molecular flexibility index (Phi) is 11.7. The second kappa shape index (κ2) is 19.9. The highest BCUT2D eigenvalue weighted by Gasteiger charge is 2.23. The first-order valence-corrected chi connectivity index (χ1v) is 27.8. The first kappa shape index (κ1) is 47.0. The van der Waals surface area contributed by atoms with Crippen LogP contribution in [0, 0.1) is 0 Å².